The molecule has 10 heteroatoms. The average Bonchev–Trinajstić information content (AvgIpc) is 3.23. The molecule has 0 saturated carbocycles. The van der Waals surface area contributed by atoms with Gasteiger partial charge in [-0.2, -0.15) is 0 Å². The summed E-state index contributed by atoms with van der Waals surface area (Å²) in [6.07, 6.45) is 1.57. The van der Waals surface area contributed by atoms with Crippen molar-refractivity contribution in [2.45, 2.75) is 25.6 Å². The van der Waals surface area contributed by atoms with E-state index >= 15 is 0 Å². The van der Waals surface area contributed by atoms with Crippen molar-refractivity contribution in [2.24, 2.45) is 0 Å². The predicted octanol–water partition coefficient (Wildman–Crippen LogP) is 0.995. The Morgan fingerprint density at radius 3 is 2.86 bits per heavy atom. The summed E-state index contributed by atoms with van der Waals surface area (Å²) in [5.41, 5.74) is 1.14. The van der Waals surface area contributed by atoms with Crippen molar-refractivity contribution in [3.05, 3.63) is 65.9 Å². The van der Waals surface area contributed by atoms with E-state index in [1.807, 2.05) is 12.1 Å². The zero-order chi connectivity index (χ0) is 20.4. The fourth-order valence-electron chi connectivity index (χ4n) is 3.13. The molecular formula is C19H17FN6O3. The molecule has 3 aromatic rings. The molecule has 4 rings (SSSR count). The Hall–Kier alpha value is -3.82. The number of hydrogen-bond acceptors (Lipinski definition) is 5. The summed E-state index contributed by atoms with van der Waals surface area (Å²) >= 11 is 0. The van der Waals surface area contributed by atoms with Crippen molar-refractivity contribution in [3.63, 3.8) is 0 Å². The topological polar surface area (TPSA) is 109 Å². The molecule has 0 bridgehead atoms. The van der Waals surface area contributed by atoms with Crippen LogP contribution in [-0.4, -0.2) is 43.4 Å². The third-order valence-corrected chi connectivity index (χ3v) is 4.55. The number of halogens is 1. The summed E-state index contributed by atoms with van der Waals surface area (Å²) < 4.78 is 15.1. The molecule has 1 atom stereocenters. The van der Waals surface area contributed by atoms with E-state index < -0.39 is 29.7 Å². The molecule has 3 heterocycles. The van der Waals surface area contributed by atoms with Crippen molar-refractivity contribution in [1.82, 2.24) is 30.1 Å². The number of imide groups is 1. The Morgan fingerprint density at radius 1 is 1.17 bits per heavy atom. The molecular weight excluding hydrogens is 379 g/mol. The van der Waals surface area contributed by atoms with Gasteiger partial charge in [-0.15, -0.1) is 10.2 Å². The molecule has 29 heavy (non-hydrogen) atoms. The molecule has 4 amide bonds. The van der Waals surface area contributed by atoms with Crippen molar-refractivity contribution in [3.8, 4) is 0 Å². The van der Waals surface area contributed by atoms with E-state index in [1.54, 1.807) is 22.7 Å². The van der Waals surface area contributed by atoms with Crippen LogP contribution in [-0.2, 0) is 22.7 Å². The van der Waals surface area contributed by atoms with Crippen LogP contribution in [0.4, 0.5) is 9.18 Å². The van der Waals surface area contributed by atoms with E-state index in [1.165, 1.54) is 18.2 Å². The third-order valence-electron chi connectivity index (χ3n) is 4.55. The smallest absolute Gasteiger partial charge is 0.325 e. The highest BCUT2D eigenvalue weighted by atomic mass is 19.1. The zero-order valence-electron chi connectivity index (χ0n) is 15.2. The van der Waals surface area contributed by atoms with E-state index in [0.29, 0.717) is 17.0 Å². The Labute approximate surface area is 164 Å². The number of nitrogens with one attached hydrogen (secondary N) is 2. The van der Waals surface area contributed by atoms with E-state index in [0.717, 1.165) is 4.90 Å². The lowest BCUT2D eigenvalue weighted by molar-refractivity contribution is -0.131. The SMILES string of the molecule is O=C(C[C@@H]1NC(=O)N(Cc2cccc(F)c2)C1=O)NCc1nnc2ccccn12. The summed E-state index contributed by atoms with van der Waals surface area (Å²) in [5, 5.41) is 13.2. The van der Waals surface area contributed by atoms with Crippen molar-refractivity contribution >= 4 is 23.5 Å². The van der Waals surface area contributed by atoms with Gasteiger partial charge in [0.2, 0.25) is 5.91 Å². The number of carbonyl (C=O) groups is 3. The number of fused-ring (bicyclic) bond motifs is 1. The number of pyridine rings is 1. The van der Waals surface area contributed by atoms with Gasteiger partial charge < -0.3 is 10.6 Å². The molecule has 148 valence electrons. The first kappa shape index (κ1) is 18.5. The van der Waals surface area contributed by atoms with Gasteiger partial charge in [0.25, 0.3) is 5.91 Å². The maximum absolute atomic E-state index is 13.3. The second-order valence-electron chi connectivity index (χ2n) is 6.58. The number of aromatic nitrogens is 3. The van der Waals surface area contributed by atoms with Crippen LogP contribution in [0.1, 0.15) is 17.8 Å². The molecule has 2 aromatic heterocycles. The molecule has 0 spiro atoms. The van der Waals surface area contributed by atoms with Gasteiger partial charge in [0.15, 0.2) is 11.5 Å². The van der Waals surface area contributed by atoms with Crippen molar-refractivity contribution in [1.29, 1.82) is 0 Å². The van der Waals surface area contributed by atoms with Gasteiger partial charge >= 0.3 is 6.03 Å². The van der Waals surface area contributed by atoms with Crippen LogP contribution in [0.5, 0.6) is 0 Å². The van der Waals surface area contributed by atoms with Crippen LogP contribution < -0.4 is 10.6 Å². The number of amides is 4. The maximum Gasteiger partial charge on any atom is 0.325 e. The fourth-order valence-corrected chi connectivity index (χ4v) is 3.13. The number of rotatable bonds is 6. The van der Waals surface area contributed by atoms with Gasteiger partial charge in [-0.05, 0) is 29.8 Å². The van der Waals surface area contributed by atoms with E-state index in [-0.39, 0.29) is 19.5 Å². The third kappa shape index (κ3) is 3.91. The number of nitrogens with zero attached hydrogens (tertiary/aromatic N) is 4. The molecule has 1 aliphatic rings. The van der Waals surface area contributed by atoms with Gasteiger partial charge in [0.05, 0.1) is 19.5 Å². The standard InChI is InChI=1S/C19H17FN6O3/c20-13-5-3-4-12(8-13)11-26-18(28)14(22-19(26)29)9-17(27)21-10-16-24-23-15-6-1-2-7-25(15)16/h1-8,14H,9-11H2,(H,21,27)(H,22,29)/t14-/m0/s1. The van der Waals surface area contributed by atoms with Crippen LogP contribution in [0.15, 0.2) is 48.7 Å². The van der Waals surface area contributed by atoms with Crippen molar-refractivity contribution < 1.29 is 18.8 Å². The lowest BCUT2D eigenvalue weighted by Crippen LogP contribution is -2.36. The van der Waals surface area contributed by atoms with Gasteiger partial charge in [-0.25, -0.2) is 9.18 Å². The molecule has 0 unspecified atom stereocenters. The highest BCUT2D eigenvalue weighted by molar-refractivity contribution is 6.05. The van der Waals surface area contributed by atoms with Crippen LogP contribution in [0, 0.1) is 5.82 Å². The number of benzene rings is 1. The van der Waals surface area contributed by atoms with Crippen LogP contribution in [0.2, 0.25) is 0 Å². The molecule has 1 aliphatic heterocycles. The molecule has 0 radical (unpaired) electrons. The largest absolute Gasteiger partial charge is 0.349 e. The summed E-state index contributed by atoms with van der Waals surface area (Å²) in [6, 6.07) is 9.52. The number of urea groups is 1. The minimum atomic E-state index is -0.966. The van der Waals surface area contributed by atoms with Gasteiger partial charge in [0, 0.05) is 6.20 Å². The molecule has 0 aliphatic carbocycles. The van der Waals surface area contributed by atoms with Crippen molar-refractivity contribution in [2.75, 3.05) is 0 Å². The first-order valence-electron chi connectivity index (χ1n) is 8.93. The first-order chi connectivity index (χ1) is 14.0. The molecule has 9 nitrogen and oxygen atoms in total. The van der Waals surface area contributed by atoms with Gasteiger partial charge in [-0.1, -0.05) is 18.2 Å². The summed E-state index contributed by atoms with van der Waals surface area (Å²) in [4.78, 5) is 37.8. The number of hydrogen-bond donors (Lipinski definition) is 2. The minimum Gasteiger partial charge on any atom is -0.349 e. The molecule has 1 saturated heterocycles. The molecule has 1 aromatic carbocycles. The van der Waals surface area contributed by atoms with Gasteiger partial charge in [-0.3, -0.25) is 18.9 Å². The second kappa shape index (κ2) is 7.66. The Kier molecular flexibility index (Phi) is 4.90. The normalized spacial score (nSPS) is 16.3. The Balaban J connectivity index is 1.35. The summed E-state index contributed by atoms with van der Waals surface area (Å²) in [6.45, 7) is 0.0676. The maximum atomic E-state index is 13.3. The van der Waals surface area contributed by atoms with Crippen LogP contribution in [0.25, 0.3) is 5.65 Å². The zero-order valence-corrected chi connectivity index (χ0v) is 15.2. The van der Waals surface area contributed by atoms with Gasteiger partial charge in [0.1, 0.15) is 11.9 Å². The highest BCUT2D eigenvalue weighted by Gasteiger charge is 2.39. The minimum absolute atomic E-state index is 0.0632. The van der Waals surface area contributed by atoms with Crippen LogP contribution >= 0.6 is 0 Å². The first-order valence-corrected chi connectivity index (χ1v) is 8.93. The van der Waals surface area contributed by atoms with E-state index in [2.05, 4.69) is 20.8 Å². The van der Waals surface area contributed by atoms with E-state index in [4.69, 9.17) is 0 Å². The molecule has 2 N–H and O–H groups in total. The predicted molar refractivity (Wildman–Crippen MR) is 98.7 cm³/mol. The number of carbonyl (C=O) groups excluding carboxylic acids is 3. The van der Waals surface area contributed by atoms with E-state index in [9.17, 15) is 18.8 Å². The average molecular weight is 396 g/mol. The lowest BCUT2D eigenvalue weighted by Gasteiger charge is -2.13. The fraction of sp³-hybridized carbons (Fsp3) is 0.211. The van der Waals surface area contributed by atoms with Crippen LogP contribution in [0.3, 0.4) is 0 Å². The lowest BCUT2D eigenvalue weighted by atomic mass is 10.1. The quantitative estimate of drug-likeness (QED) is 0.604. The Bertz CT molecular complexity index is 1100. The summed E-state index contributed by atoms with van der Waals surface area (Å²) in [7, 11) is 0. The monoisotopic (exact) mass is 396 g/mol. The highest BCUT2D eigenvalue weighted by Crippen LogP contribution is 2.15. The molecule has 1 fully saturated rings. The summed E-state index contributed by atoms with van der Waals surface area (Å²) in [5.74, 6) is -0.846. The second-order valence-corrected chi connectivity index (χ2v) is 6.58. The Morgan fingerprint density at radius 2 is 2.03 bits per heavy atom.